The molecule has 102 valence electrons. The molecule has 0 spiro atoms. The van der Waals surface area contributed by atoms with E-state index in [-0.39, 0.29) is 11.8 Å². The number of halogens is 1. The largest absolute Gasteiger partial charge is 0.478 e. The van der Waals surface area contributed by atoms with Crippen molar-refractivity contribution in [2.75, 3.05) is 18.4 Å². The molecule has 6 heteroatoms. The minimum absolute atomic E-state index is 0.167. The Morgan fingerprint density at radius 2 is 2.16 bits per heavy atom. The van der Waals surface area contributed by atoms with Gasteiger partial charge in [-0.3, -0.25) is 4.79 Å². The van der Waals surface area contributed by atoms with Crippen molar-refractivity contribution in [2.45, 2.75) is 6.92 Å². The predicted molar refractivity (Wildman–Crippen MR) is 67.5 cm³/mol. The van der Waals surface area contributed by atoms with E-state index in [4.69, 9.17) is 5.11 Å². The number of carboxylic acid groups (broad SMARTS) is 1. The van der Waals surface area contributed by atoms with Gasteiger partial charge in [0.15, 0.2) is 0 Å². The van der Waals surface area contributed by atoms with Crippen molar-refractivity contribution in [1.29, 1.82) is 0 Å². The smallest absolute Gasteiger partial charge is 0.338 e. The highest BCUT2D eigenvalue weighted by Gasteiger charge is 2.28. The Labute approximate surface area is 109 Å². The van der Waals surface area contributed by atoms with Gasteiger partial charge in [0.05, 0.1) is 5.56 Å². The summed E-state index contributed by atoms with van der Waals surface area (Å²) in [6, 6.07) is 3.52. The monoisotopic (exact) mass is 266 g/mol. The first-order chi connectivity index (χ1) is 8.99. The molecule has 19 heavy (non-hydrogen) atoms. The van der Waals surface area contributed by atoms with Crippen molar-refractivity contribution >= 4 is 17.6 Å². The summed E-state index contributed by atoms with van der Waals surface area (Å²) in [5.74, 6) is -2.24. The van der Waals surface area contributed by atoms with Gasteiger partial charge in [0.25, 0.3) is 0 Å². The minimum atomic E-state index is -1.36. The van der Waals surface area contributed by atoms with Crippen molar-refractivity contribution < 1.29 is 19.1 Å². The number of rotatable bonds is 4. The van der Waals surface area contributed by atoms with Gasteiger partial charge in [-0.1, -0.05) is 6.92 Å². The van der Waals surface area contributed by atoms with Crippen LogP contribution in [0, 0.1) is 17.7 Å². The Hall–Kier alpha value is -1.95. The quantitative estimate of drug-likeness (QED) is 0.768. The van der Waals surface area contributed by atoms with E-state index in [0.717, 1.165) is 25.2 Å². The normalized spacial score (nSPS) is 16.5. The first-order valence-corrected chi connectivity index (χ1v) is 6.03. The lowest BCUT2D eigenvalue weighted by Gasteiger charge is -2.31. The molecule has 1 amide bonds. The molecular weight excluding hydrogens is 251 g/mol. The molecule has 1 aromatic rings. The zero-order chi connectivity index (χ0) is 14.0. The zero-order valence-electron chi connectivity index (χ0n) is 10.4. The van der Waals surface area contributed by atoms with Crippen LogP contribution < -0.4 is 10.6 Å². The summed E-state index contributed by atoms with van der Waals surface area (Å²) in [5.41, 5.74) is -0.154. The fourth-order valence-corrected chi connectivity index (χ4v) is 1.90. The molecule has 1 saturated heterocycles. The van der Waals surface area contributed by atoms with Gasteiger partial charge >= 0.3 is 5.97 Å². The number of carboxylic acids is 1. The van der Waals surface area contributed by atoms with Crippen molar-refractivity contribution in [3.8, 4) is 0 Å². The molecule has 1 heterocycles. The maximum Gasteiger partial charge on any atom is 0.338 e. The van der Waals surface area contributed by atoms with Crippen LogP contribution in [0.1, 0.15) is 17.3 Å². The summed E-state index contributed by atoms with van der Waals surface area (Å²) in [7, 11) is 0. The van der Waals surface area contributed by atoms with Crippen LogP contribution in [-0.4, -0.2) is 30.1 Å². The summed E-state index contributed by atoms with van der Waals surface area (Å²) >= 11 is 0. The van der Waals surface area contributed by atoms with Gasteiger partial charge < -0.3 is 15.7 Å². The van der Waals surface area contributed by atoms with E-state index in [2.05, 4.69) is 10.6 Å². The van der Waals surface area contributed by atoms with E-state index in [9.17, 15) is 14.0 Å². The summed E-state index contributed by atoms with van der Waals surface area (Å²) < 4.78 is 13.2. The van der Waals surface area contributed by atoms with Crippen LogP contribution in [0.15, 0.2) is 18.2 Å². The Bertz CT molecular complexity index is 515. The first-order valence-electron chi connectivity index (χ1n) is 6.03. The third kappa shape index (κ3) is 2.90. The molecule has 3 N–H and O–H groups in total. The molecule has 1 aromatic carbocycles. The first kappa shape index (κ1) is 13.5. The molecule has 1 aliphatic rings. The summed E-state index contributed by atoms with van der Waals surface area (Å²) in [6.45, 7) is 3.43. The standard InChI is InChI=1S/C13H15FN2O3/c1-7(8-5-15-6-8)12(17)16-9-2-3-11(14)10(4-9)13(18)19/h2-4,7-8,15H,5-6H2,1H3,(H,16,17)(H,18,19). The summed E-state index contributed by atoms with van der Waals surface area (Å²) in [6.07, 6.45) is 0. The van der Waals surface area contributed by atoms with E-state index in [1.807, 2.05) is 6.92 Å². The Kier molecular flexibility index (Phi) is 3.80. The molecule has 1 unspecified atom stereocenters. The second kappa shape index (κ2) is 5.36. The van der Waals surface area contributed by atoms with Crippen molar-refractivity contribution in [3.63, 3.8) is 0 Å². The molecule has 1 fully saturated rings. The average Bonchev–Trinajstić information content (AvgIpc) is 2.28. The van der Waals surface area contributed by atoms with Crippen LogP contribution >= 0.6 is 0 Å². The second-order valence-corrected chi connectivity index (χ2v) is 4.70. The van der Waals surface area contributed by atoms with E-state index in [1.165, 1.54) is 6.07 Å². The number of carbonyl (C=O) groups is 2. The highest BCUT2D eigenvalue weighted by Crippen LogP contribution is 2.20. The van der Waals surface area contributed by atoms with Gasteiger partial charge in [-0.25, -0.2) is 9.18 Å². The molecule has 0 bridgehead atoms. The fourth-order valence-electron chi connectivity index (χ4n) is 1.90. The van der Waals surface area contributed by atoms with E-state index < -0.39 is 17.3 Å². The van der Waals surface area contributed by atoms with Crippen molar-refractivity contribution in [1.82, 2.24) is 5.32 Å². The maximum absolute atomic E-state index is 13.2. The maximum atomic E-state index is 13.2. The second-order valence-electron chi connectivity index (χ2n) is 4.70. The highest BCUT2D eigenvalue weighted by molar-refractivity contribution is 5.95. The van der Waals surface area contributed by atoms with Crippen LogP contribution in [0.4, 0.5) is 10.1 Å². The lowest BCUT2D eigenvalue weighted by molar-refractivity contribution is -0.121. The minimum Gasteiger partial charge on any atom is -0.478 e. The van der Waals surface area contributed by atoms with Crippen LogP contribution in [0.5, 0.6) is 0 Å². The van der Waals surface area contributed by atoms with Crippen LogP contribution in [-0.2, 0) is 4.79 Å². The number of amides is 1. The molecule has 1 atom stereocenters. The topological polar surface area (TPSA) is 78.4 Å². The molecule has 0 radical (unpaired) electrons. The van der Waals surface area contributed by atoms with Crippen LogP contribution in [0.3, 0.4) is 0 Å². The van der Waals surface area contributed by atoms with E-state index >= 15 is 0 Å². The van der Waals surface area contributed by atoms with Gasteiger partial charge in [-0.15, -0.1) is 0 Å². The average molecular weight is 266 g/mol. The van der Waals surface area contributed by atoms with Crippen LogP contribution in [0.2, 0.25) is 0 Å². The SMILES string of the molecule is CC(C(=O)Nc1ccc(F)c(C(=O)O)c1)C1CNC1. The third-order valence-electron chi connectivity index (χ3n) is 3.40. The molecular formula is C13H15FN2O3. The fraction of sp³-hybridized carbons (Fsp3) is 0.385. The molecule has 2 rings (SSSR count). The number of hydrogen-bond donors (Lipinski definition) is 3. The van der Waals surface area contributed by atoms with Crippen molar-refractivity contribution in [2.24, 2.45) is 11.8 Å². The highest BCUT2D eigenvalue weighted by atomic mass is 19.1. The van der Waals surface area contributed by atoms with Gasteiger partial charge in [-0.2, -0.15) is 0 Å². The summed E-state index contributed by atoms with van der Waals surface area (Å²) in [5, 5.41) is 14.5. The predicted octanol–water partition coefficient (Wildman–Crippen LogP) is 1.32. The van der Waals surface area contributed by atoms with Gasteiger partial charge in [0.2, 0.25) is 5.91 Å². The molecule has 0 aromatic heterocycles. The third-order valence-corrected chi connectivity index (χ3v) is 3.40. The van der Waals surface area contributed by atoms with Crippen molar-refractivity contribution in [3.05, 3.63) is 29.6 Å². The lowest BCUT2D eigenvalue weighted by Crippen LogP contribution is -2.48. The molecule has 0 saturated carbocycles. The number of anilines is 1. The Morgan fingerprint density at radius 1 is 1.47 bits per heavy atom. The van der Waals surface area contributed by atoms with Gasteiger partial charge in [0.1, 0.15) is 5.82 Å². The lowest BCUT2D eigenvalue weighted by atomic mass is 9.88. The molecule has 1 aliphatic heterocycles. The van der Waals surface area contributed by atoms with E-state index in [1.54, 1.807) is 0 Å². The number of nitrogens with one attached hydrogen (secondary N) is 2. The Morgan fingerprint density at radius 3 is 2.68 bits per heavy atom. The number of benzene rings is 1. The summed E-state index contributed by atoms with van der Waals surface area (Å²) in [4.78, 5) is 22.7. The van der Waals surface area contributed by atoms with Crippen LogP contribution in [0.25, 0.3) is 0 Å². The van der Waals surface area contributed by atoms with Gasteiger partial charge in [-0.05, 0) is 37.2 Å². The molecule has 5 nitrogen and oxygen atoms in total. The number of carbonyl (C=O) groups excluding carboxylic acids is 1. The number of aromatic carboxylic acids is 1. The van der Waals surface area contributed by atoms with Gasteiger partial charge in [0, 0.05) is 11.6 Å². The Balaban J connectivity index is 2.08. The zero-order valence-corrected chi connectivity index (χ0v) is 10.4. The number of hydrogen-bond acceptors (Lipinski definition) is 3. The van der Waals surface area contributed by atoms with E-state index in [0.29, 0.717) is 11.6 Å². The molecule has 0 aliphatic carbocycles.